The Labute approximate surface area is 116 Å². The molecule has 0 unspecified atom stereocenters. The van der Waals surface area contributed by atoms with Crippen LogP contribution in [0.25, 0.3) is 11.5 Å². The van der Waals surface area contributed by atoms with Gasteiger partial charge in [0.1, 0.15) is 5.60 Å². The fraction of sp³-hybridized carbons (Fsp3) is 0.385. The second-order valence-corrected chi connectivity index (χ2v) is 5.01. The summed E-state index contributed by atoms with van der Waals surface area (Å²) in [5.74, 6) is 0.808. The van der Waals surface area contributed by atoms with Crippen LogP contribution in [0.1, 0.15) is 26.6 Å². The number of nitrogens with zero attached hydrogens (tertiary/aromatic N) is 2. The van der Waals surface area contributed by atoms with Crippen LogP contribution >= 0.6 is 11.6 Å². The van der Waals surface area contributed by atoms with Crippen molar-refractivity contribution < 1.29 is 9.26 Å². The highest BCUT2D eigenvalue weighted by molar-refractivity contribution is 6.33. The molecule has 0 bridgehead atoms. The minimum Gasteiger partial charge on any atom is -0.399 e. The number of hydrogen-bond donors (Lipinski definition) is 1. The summed E-state index contributed by atoms with van der Waals surface area (Å²) in [6, 6.07) is 5.12. The number of benzene rings is 1. The highest BCUT2D eigenvalue weighted by atomic mass is 35.5. The molecule has 102 valence electrons. The van der Waals surface area contributed by atoms with Gasteiger partial charge in [-0.3, -0.25) is 0 Å². The molecular formula is C13H16ClN3O2. The number of halogens is 1. The van der Waals surface area contributed by atoms with Crippen molar-refractivity contribution in [3.05, 3.63) is 29.0 Å². The van der Waals surface area contributed by atoms with Gasteiger partial charge in [-0.05, 0) is 39.0 Å². The van der Waals surface area contributed by atoms with Gasteiger partial charge < -0.3 is 15.0 Å². The summed E-state index contributed by atoms with van der Waals surface area (Å²) in [7, 11) is 0. The Hall–Kier alpha value is -1.59. The van der Waals surface area contributed by atoms with Crippen LogP contribution < -0.4 is 5.73 Å². The Bertz CT molecular complexity index is 581. The molecule has 6 heteroatoms. The summed E-state index contributed by atoms with van der Waals surface area (Å²) in [6.45, 7) is 6.24. The van der Waals surface area contributed by atoms with E-state index in [4.69, 9.17) is 26.6 Å². The maximum Gasteiger partial charge on any atom is 0.259 e. The van der Waals surface area contributed by atoms with Crippen molar-refractivity contribution in [3.8, 4) is 11.5 Å². The van der Waals surface area contributed by atoms with E-state index in [9.17, 15) is 0 Å². The average molecular weight is 282 g/mol. The SMILES string of the molecule is CCOC(C)(C)c1noc(-c2cc(N)ccc2Cl)n1. The lowest BCUT2D eigenvalue weighted by molar-refractivity contribution is -0.0221. The molecule has 1 heterocycles. The molecule has 5 nitrogen and oxygen atoms in total. The molecule has 0 saturated heterocycles. The van der Waals surface area contributed by atoms with Crippen molar-refractivity contribution in [1.29, 1.82) is 0 Å². The molecule has 0 fully saturated rings. The first kappa shape index (κ1) is 13.8. The van der Waals surface area contributed by atoms with Crippen LogP contribution in [0.15, 0.2) is 22.7 Å². The Morgan fingerprint density at radius 1 is 1.42 bits per heavy atom. The van der Waals surface area contributed by atoms with E-state index < -0.39 is 5.60 Å². The highest BCUT2D eigenvalue weighted by Gasteiger charge is 2.27. The standard InChI is InChI=1S/C13H16ClN3O2/c1-4-18-13(2,3)12-16-11(19-17-12)9-7-8(15)5-6-10(9)14/h5-7H,4,15H2,1-3H3. The number of rotatable bonds is 4. The van der Waals surface area contributed by atoms with Crippen molar-refractivity contribution in [3.63, 3.8) is 0 Å². The maximum atomic E-state index is 6.10. The molecule has 2 N–H and O–H groups in total. The number of nitrogen functional groups attached to an aromatic ring is 1. The third kappa shape index (κ3) is 2.88. The first-order chi connectivity index (χ1) is 8.94. The van der Waals surface area contributed by atoms with E-state index in [0.717, 1.165) is 0 Å². The number of hydrogen-bond acceptors (Lipinski definition) is 5. The summed E-state index contributed by atoms with van der Waals surface area (Å²) in [6.07, 6.45) is 0. The molecule has 0 aliphatic heterocycles. The Morgan fingerprint density at radius 2 is 2.16 bits per heavy atom. The van der Waals surface area contributed by atoms with Gasteiger partial charge in [-0.2, -0.15) is 4.98 Å². The Morgan fingerprint density at radius 3 is 2.84 bits per heavy atom. The summed E-state index contributed by atoms with van der Waals surface area (Å²) in [4.78, 5) is 4.33. The number of nitrogens with two attached hydrogens (primary N) is 1. The van der Waals surface area contributed by atoms with Crippen LogP contribution in [0.4, 0.5) is 5.69 Å². The zero-order valence-corrected chi connectivity index (χ0v) is 11.9. The van der Waals surface area contributed by atoms with E-state index in [1.54, 1.807) is 18.2 Å². The largest absolute Gasteiger partial charge is 0.399 e. The van der Waals surface area contributed by atoms with Gasteiger partial charge in [0, 0.05) is 12.3 Å². The van der Waals surface area contributed by atoms with Crippen molar-refractivity contribution in [2.24, 2.45) is 0 Å². The van der Waals surface area contributed by atoms with E-state index in [1.807, 2.05) is 20.8 Å². The number of anilines is 1. The van der Waals surface area contributed by atoms with Gasteiger partial charge in [0.2, 0.25) is 5.82 Å². The lowest BCUT2D eigenvalue weighted by Crippen LogP contribution is -2.23. The molecule has 2 aromatic rings. The Kier molecular flexibility index (Phi) is 3.78. The van der Waals surface area contributed by atoms with E-state index in [0.29, 0.717) is 34.6 Å². The molecule has 2 rings (SSSR count). The van der Waals surface area contributed by atoms with Crippen LogP contribution in [-0.4, -0.2) is 16.7 Å². The van der Waals surface area contributed by atoms with Crippen LogP contribution in [0.3, 0.4) is 0 Å². The molecule has 19 heavy (non-hydrogen) atoms. The summed E-state index contributed by atoms with van der Waals surface area (Å²) in [5.41, 5.74) is 6.33. The van der Waals surface area contributed by atoms with E-state index in [2.05, 4.69) is 10.1 Å². The van der Waals surface area contributed by atoms with Crippen molar-refractivity contribution in [1.82, 2.24) is 10.1 Å². The van der Waals surface area contributed by atoms with Crippen LogP contribution in [0.5, 0.6) is 0 Å². The lowest BCUT2D eigenvalue weighted by atomic mass is 10.1. The second kappa shape index (κ2) is 5.19. The first-order valence-corrected chi connectivity index (χ1v) is 6.35. The third-order valence-corrected chi connectivity index (χ3v) is 3.02. The summed E-state index contributed by atoms with van der Waals surface area (Å²) >= 11 is 6.10. The van der Waals surface area contributed by atoms with Crippen molar-refractivity contribution in [2.75, 3.05) is 12.3 Å². The van der Waals surface area contributed by atoms with Crippen LogP contribution in [-0.2, 0) is 10.3 Å². The van der Waals surface area contributed by atoms with Gasteiger partial charge in [0.25, 0.3) is 5.89 Å². The zero-order valence-electron chi connectivity index (χ0n) is 11.1. The summed E-state index contributed by atoms with van der Waals surface area (Å²) in [5, 5.41) is 4.46. The average Bonchev–Trinajstić information content (AvgIpc) is 2.82. The molecule has 0 aliphatic carbocycles. The lowest BCUT2D eigenvalue weighted by Gasteiger charge is -2.19. The quantitative estimate of drug-likeness (QED) is 0.871. The monoisotopic (exact) mass is 281 g/mol. The minimum atomic E-state index is -0.608. The zero-order chi connectivity index (χ0) is 14.0. The predicted octanol–water partition coefficient (Wildman–Crippen LogP) is 3.24. The van der Waals surface area contributed by atoms with Gasteiger partial charge in [-0.15, -0.1) is 0 Å². The topological polar surface area (TPSA) is 74.2 Å². The first-order valence-electron chi connectivity index (χ1n) is 5.97. The normalized spacial score (nSPS) is 11.8. The second-order valence-electron chi connectivity index (χ2n) is 4.61. The molecule has 1 aromatic carbocycles. The fourth-order valence-corrected chi connectivity index (χ4v) is 1.91. The maximum absolute atomic E-state index is 6.10. The molecule has 0 atom stereocenters. The van der Waals surface area contributed by atoms with Crippen LogP contribution in [0, 0.1) is 0 Å². The smallest absolute Gasteiger partial charge is 0.259 e. The van der Waals surface area contributed by atoms with Gasteiger partial charge in [-0.25, -0.2) is 0 Å². The molecule has 0 radical (unpaired) electrons. The highest BCUT2D eigenvalue weighted by Crippen LogP contribution is 2.30. The fourth-order valence-electron chi connectivity index (χ4n) is 1.71. The van der Waals surface area contributed by atoms with Crippen molar-refractivity contribution >= 4 is 17.3 Å². The molecule has 0 spiro atoms. The number of ether oxygens (including phenoxy) is 1. The number of aromatic nitrogens is 2. The van der Waals surface area contributed by atoms with Crippen molar-refractivity contribution in [2.45, 2.75) is 26.4 Å². The van der Waals surface area contributed by atoms with Gasteiger partial charge in [0.05, 0.1) is 10.6 Å². The molecule has 1 aromatic heterocycles. The minimum absolute atomic E-state index is 0.333. The summed E-state index contributed by atoms with van der Waals surface area (Å²) < 4.78 is 10.8. The van der Waals surface area contributed by atoms with Gasteiger partial charge >= 0.3 is 0 Å². The third-order valence-electron chi connectivity index (χ3n) is 2.69. The molecule has 0 saturated carbocycles. The molecule has 0 amide bonds. The van der Waals surface area contributed by atoms with Crippen LogP contribution in [0.2, 0.25) is 5.02 Å². The molecular weight excluding hydrogens is 266 g/mol. The molecule has 0 aliphatic rings. The van der Waals surface area contributed by atoms with E-state index >= 15 is 0 Å². The van der Waals surface area contributed by atoms with E-state index in [1.165, 1.54) is 0 Å². The predicted molar refractivity (Wildman–Crippen MR) is 73.8 cm³/mol. The van der Waals surface area contributed by atoms with Gasteiger partial charge in [0.15, 0.2) is 0 Å². The van der Waals surface area contributed by atoms with E-state index in [-0.39, 0.29) is 0 Å². The Balaban J connectivity index is 2.38. The van der Waals surface area contributed by atoms with Gasteiger partial charge in [-0.1, -0.05) is 16.8 Å².